The van der Waals surface area contributed by atoms with Crippen molar-refractivity contribution in [3.8, 4) is 11.4 Å². The molecular weight excluding hydrogens is 293 g/mol. The summed E-state index contributed by atoms with van der Waals surface area (Å²) in [7, 11) is 0. The third kappa shape index (κ3) is 2.75. The van der Waals surface area contributed by atoms with Crippen molar-refractivity contribution in [3.63, 3.8) is 0 Å². The van der Waals surface area contributed by atoms with E-state index in [4.69, 9.17) is 0 Å². The molecule has 2 aromatic rings. The molecule has 22 heavy (non-hydrogen) atoms. The van der Waals surface area contributed by atoms with Crippen molar-refractivity contribution in [3.05, 3.63) is 42.0 Å². The maximum absolute atomic E-state index is 13.9. The number of halogens is 3. The molecule has 1 aromatic heterocycles. The van der Waals surface area contributed by atoms with Gasteiger partial charge in [0.2, 0.25) is 0 Å². The second-order valence-electron chi connectivity index (χ2n) is 5.84. The van der Waals surface area contributed by atoms with Crippen LogP contribution in [0.4, 0.5) is 13.2 Å². The fraction of sp³-hybridized carbons (Fsp3) is 0.438. The summed E-state index contributed by atoms with van der Waals surface area (Å²) >= 11 is 0. The van der Waals surface area contributed by atoms with Crippen molar-refractivity contribution in [2.75, 3.05) is 0 Å². The van der Waals surface area contributed by atoms with Crippen molar-refractivity contribution in [1.82, 2.24) is 9.55 Å². The van der Waals surface area contributed by atoms with Gasteiger partial charge in [-0.15, -0.1) is 0 Å². The zero-order valence-electron chi connectivity index (χ0n) is 12.0. The first-order valence-corrected chi connectivity index (χ1v) is 7.38. The molecule has 1 aliphatic carbocycles. The molecule has 1 heterocycles. The third-order valence-corrected chi connectivity index (χ3v) is 4.34. The smallest absolute Gasteiger partial charge is 0.172 e. The summed E-state index contributed by atoms with van der Waals surface area (Å²) in [5, 5.41) is 10.4. The van der Waals surface area contributed by atoms with E-state index in [1.807, 2.05) is 0 Å². The van der Waals surface area contributed by atoms with Crippen LogP contribution in [0.3, 0.4) is 0 Å². The Hall–Kier alpha value is -1.82. The molecule has 0 spiro atoms. The third-order valence-electron chi connectivity index (χ3n) is 4.34. The maximum Gasteiger partial charge on any atom is 0.172 e. The zero-order valence-corrected chi connectivity index (χ0v) is 12.0. The number of aromatic nitrogens is 2. The Labute approximate surface area is 126 Å². The van der Waals surface area contributed by atoms with Crippen LogP contribution in [-0.2, 0) is 6.54 Å². The molecule has 0 saturated heterocycles. The van der Waals surface area contributed by atoms with E-state index in [0.29, 0.717) is 13.0 Å². The van der Waals surface area contributed by atoms with Crippen molar-refractivity contribution in [1.29, 1.82) is 0 Å². The lowest BCUT2D eigenvalue weighted by Crippen LogP contribution is -2.26. The standard InChI is InChI=1S/C16H17F3N2O/c17-11-3-4-12(18)14(19)13(11)15-20-8-10-21(15)9-7-16(22)5-1-2-6-16/h3-4,8,10,22H,1-2,5-7,9H2. The topological polar surface area (TPSA) is 38.0 Å². The molecule has 1 fully saturated rings. The minimum Gasteiger partial charge on any atom is -0.390 e. The van der Waals surface area contributed by atoms with Crippen LogP contribution in [0.25, 0.3) is 11.4 Å². The molecule has 0 aliphatic heterocycles. The van der Waals surface area contributed by atoms with Gasteiger partial charge in [0.25, 0.3) is 0 Å². The highest BCUT2D eigenvalue weighted by Gasteiger charge is 2.31. The Morgan fingerprint density at radius 3 is 2.55 bits per heavy atom. The molecule has 0 atom stereocenters. The molecule has 3 rings (SSSR count). The number of aryl methyl sites for hydroxylation is 1. The van der Waals surface area contributed by atoms with E-state index < -0.39 is 28.6 Å². The molecule has 3 nitrogen and oxygen atoms in total. The molecule has 1 aromatic carbocycles. The van der Waals surface area contributed by atoms with Crippen LogP contribution in [0, 0.1) is 17.5 Å². The van der Waals surface area contributed by atoms with Gasteiger partial charge >= 0.3 is 0 Å². The van der Waals surface area contributed by atoms with Crippen LogP contribution in [-0.4, -0.2) is 20.3 Å². The van der Waals surface area contributed by atoms with Gasteiger partial charge in [-0.2, -0.15) is 0 Å². The van der Waals surface area contributed by atoms with Gasteiger partial charge in [0.1, 0.15) is 11.6 Å². The lowest BCUT2D eigenvalue weighted by molar-refractivity contribution is 0.0346. The highest BCUT2D eigenvalue weighted by Crippen LogP contribution is 2.33. The van der Waals surface area contributed by atoms with E-state index in [2.05, 4.69) is 4.98 Å². The molecular formula is C16H17F3N2O. The van der Waals surface area contributed by atoms with Gasteiger partial charge in [0, 0.05) is 18.9 Å². The molecule has 118 valence electrons. The summed E-state index contributed by atoms with van der Waals surface area (Å²) in [6.07, 6.45) is 6.92. The van der Waals surface area contributed by atoms with Crippen LogP contribution in [0.15, 0.2) is 24.5 Å². The van der Waals surface area contributed by atoms with Crippen LogP contribution in [0.5, 0.6) is 0 Å². The predicted octanol–water partition coefficient (Wildman–Crippen LogP) is 3.66. The van der Waals surface area contributed by atoms with Gasteiger partial charge in [-0.3, -0.25) is 0 Å². The summed E-state index contributed by atoms with van der Waals surface area (Å²) in [5.41, 5.74) is -1.19. The van der Waals surface area contributed by atoms with Gasteiger partial charge in [0.05, 0.1) is 11.2 Å². The van der Waals surface area contributed by atoms with E-state index in [1.54, 1.807) is 10.8 Å². The summed E-state index contributed by atoms with van der Waals surface area (Å²) < 4.78 is 42.7. The predicted molar refractivity (Wildman–Crippen MR) is 75.6 cm³/mol. The van der Waals surface area contributed by atoms with Crippen LogP contribution >= 0.6 is 0 Å². The van der Waals surface area contributed by atoms with Gasteiger partial charge < -0.3 is 9.67 Å². The number of imidazole rings is 1. The number of hydrogen-bond acceptors (Lipinski definition) is 2. The summed E-state index contributed by atoms with van der Waals surface area (Å²) in [4.78, 5) is 3.95. The molecule has 0 amide bonds. The van der Waals surface area contributed by atoms with Crippen molar-refractivity contribution >= 4 is 0 Å². The van der Waals surface area contributed by atoms with Crippen molar-refractivity contribution in [2.45, 2.75) is 44.2 Å². The zero-order chi connectivity index (χ0) is 15.7. The minimum absolute atomic E-state index is 0.0381. The largest absolute Gasteiger partial charge is 0.390 e. The number of nitrogens with zero attached hydrogens (tertiary/aromatic N) is 2. The van der Waals surface area contributed by atoms with E-state index >= 15 is 0 Å². The molecule has 6 heteroatoms. The van der Waals surface area contributed by atoms with Crippen LogP contribution in [0.1, 0.15) is 32.1 Å². The summed E-state index contributed by atoms with van der Waals surface area (Å²) in [6.45, 7) is 0.376. The number of hydrogen-bond donors (Lipinski definition) is 1. The Balaban J connectivity index is 1.88. The van der Waals surface area contributed by atoms with Crippen LogP contribution < -0.4 is 0 Å². The number of aliphatic hydroxyl groups is 1. The molecule has 1 N–H and O–H groups in total. The highest BCUT2D eigenvalue weighted by atomic mass is 19.2. The Morgan fingerprint density at radius 1 is 1.14 bits per heavy atom. The van der Waals surface area contributed by atoms with Gasteiger partial charge in [-0.25, -0.2) is 18.2 Å². The average molecular weight is 310 g/mol. The Bertz CT molecular complexity index is 678. The van der Waals surface area contributed by atoms with Gasteiger partial charge in [0.15, 0.2) is 11.6 Å². The maximum atomic E-state index is 13.9. The molecule has 0 radical (unpaired) electrons. The van der Waals surface area contributed by atoms with E-state index in [0.717, 1.165) is 37.8 Å². The second-order valence-corrected chi connectivity index (χ2v) is 5.84. The van der Waals surface area contributed by atoms with E-state index in [1.165, 1.54) is 6.20 Å². The molecule has 0 unspecified atom stereocenters. The molecule has 1 aliphatic rings. The monoisotopic (exact) mass is 310 g/mol. The van der Waals surface area contributed by atoms with E-state index in [9.17, 15) is 18.3 Å². The average Bonchev–Trinajstić information content (AvgIpc) is 3.11. The first-order chi connectivity index (χ1) is 10.5. The Morgan fingerprint density at radius 2 is 1.82 bits per heavy atom. The second kappa shape index (κ2) is 5.76. The number of rotatable bonds is 4. The first kappa shape index (κ1) is 15.1. The molecule has 1 saturated carbocycles. The minimum atomic E-state index is -1.24. The Kier molecular flexibility index (Phi) is 3.95. The van der Waals surface area contributed by atoms with Crippen molar-refractivity contribution in [2.24, 2.45) is 0 Å². The SMILES string of the molecule is OC1(CCn2ccnc2-c2c(F)ccc(F)c2F)CCCC1. The fourth-order valence-corrected chi connectivity index (χ4v) is 3.06. The highest BCUT2D eigenvalue weighted by molar-refractivity contribution is 5.57. The lowest BCUT2D eigenvalue weighted by Gasteiger charge is -2.22. The summed E-state index contributed by atoms with van der Waals surface area (Å²) in [5.74, 6) is -3.17. The lowest BCUT2D eigenvalue weighted by atomic mass is 9.98. The quantitative estimate of drug-likeness (QED) is 0.875. The molecule has 0 bridgehead atoms. The van der Waals surface area contributed by atoms with Crippen molar-refractivity contribution < 1.29 is 18.3 Å². The first-order valence-electron chi connectivity index (χ1n) is 7.38. The number of benzene rings is 1. The van der Waals surface area contributed by atoms with Crippen LogP contribution in [0.2, 0.25) is 0 Å². The normalized spacial score (nSPS) is 17.1. The summed E-state index contributed by atoms with van der Waals surface area (Å²) in [6, 6.07) is 1.64. The van der Waals surface area contributed by atoms with Gasteiger partial charge in [-0.1, -0.05) is 12.8 Å². The van der Waals surface area contributed by atoms with E-state index in [-0.39, 0.29) is 5.82 Å². The fourth-order valence-electron chi connectivity index (χ4n) is 3.06. The van der Waals surface area contributed by atoms with Gasteiger partial charge in [-0.05, 0) is 31.4 Å².